The van der Waals surface area contributed by atoms with Gasteiger partial charge < -0.3 is 4.74 Å². The fourth-order valence-corrected chi connectivity index (χ4v) is 3.87. The smallest absolute Gasteiger partial charge is 0.324 e. The van der Waals surface area contributed by atoms with Crippen LogP contribution in [-0.2, 0) is 14.3 Å². The highest BCUT2D eigenvalue weighted by Gasteiger charge is 2.43. The van der Waals surface area contributed by atoms with Gasteiger partial charge in [0.05, 0.1) is 6.61 Å². The lowest BCUT2D eigenvalue weighted by molar-refractivity contribution is -0.149. The molecule has 1 heterocycles. The largest absolute Gasteiger partial charge is 0.465 e. The van der Waals surface area contributed by atoms with Crippen molar-refractivity contribution in [2.75, 3.05) is 13.2 Å². The zero-order valence-corrected chi connectivity index (χ0v) is 14.0. The fourth-order valence-electron chi connectivity index (χ4n) is 3.50. The summed E-state index contributed by atoms with van der Waals surface area (Å²) in [5.74, 6) is -0.449. The van der Waals surface area contributed by atoms with E-state index in [2.05, 4.69) is 37.1 Å². The maximum Gasteiger partial charge on any atom is 0.324 e. The Kier molecular flexibility index (Phi) is 4.87. The van der Waals surface area contributed by atoms with Crippen molar-refractivity contribution in [1.29, 1.82) is 0 Å². The molecule has 0 aromatic heterocycles. The summed E-state index contributed by atoms with van der Waals surface area (Å²) in [7, 11) is 0. The van der Waals surface area contributed by atoms with Crippen LogP contribution in [0.25, 0.3) is 6.08 Å². The number of hydrogen-bond donors (Lipinski definition) is 1. The lowest BCUT2D eigenvalue weighted by Crippen LogP contribution is -2.39. The summed E-state index contributed by atoms with van der Waals surface area (Å²) in [4.78, 5) is 24.9. The number of fused-ring (bicyclic) bond motifs is 1. The number of nitrogens with zero attached hydrogens (tertiary/aromatic N) is 1. The third kappa shape index (κ3) is 3.21. The summed E-state index contributed by atoms with van der Waals surface area (Å²) in [6, 6.07) is 7.56. The van der Waals surface area contributed by atoms with Crippen LogP contribution >= 0.6 is 12.8 Å². The molecule has 1 aromatic rings. The second-order valence-corrected chi connectivity index (χ2v) is 6.53. The Morgan fingerprint density at radius 1 is 1.35 bits per heavy atom. The highest BCUT2D eigenvalue weighted by molar-refractivity contribution is 7.77. The molecule has 2 aliphatic rings. The molecule has 4 nitrogen and oxygen atoms in total. The Balaban J connectivity index is 1.71. The average Bonchev–Trinajstić information content (AvgIpc) is 3.12. The van der Waals surface area contributed by atoms with E-state index in [0.29, 0.717) is 26.0 Å². The van der Waals surface area contributed by atoms with E-state index in [1.165, 1.54) is 11.1 Å². The Bertz CT molecular complexity index is 643. The molecule has 23 heavy (non-hydrogen) atoms. The highest BCUT2D eigenvalue weighted by atomic mass is 32.1. The quantitative estimate of drug-likeness (QED) is 0.666. The maximum absolute atomic E-state index is 12.8. The Morgan fingerprint density at radius 2 is 2.13 bits per heavy atom. The number of thiol groups is 1. The van der Waals surface area contributed by atoms with Crippen LogP contribution in [0.5, 0.6) is 0 Å². The first kappa shape index (κ1) is 16.3. The third-order valence-corrected chi connectivity index (χ3v) is 5.09. The van der Waals surface area contributed by atoms with E-state index in [4.69, 9.17) is 4.74 Å². The van der Waals surface area contributed by atoms with Crippen LogP contribution < -0.4 is 0 Å². The molecule has 0 bridgehead atoms. The zero-order chi connectivity index (χ0) is 16.4. The van der Waals surface area contributed by atoms with Gasteiger partial charge in [-0.1, -0.05) is 49.2 Å². The van der Waals surface area contributed by atoms with Crippen LogP contribution in [0, 0.1) is 5.92 Å². The molecule has 1 aliphatic carbocycles. The lowest BCUT2D eigenvalue weighted by Gasteiger charge is -2.22. The van der Waals surface area contributed by atoms with Gasteiger partial charge in [0.15, 0.2) is 0 Å². The molecule has 2 unspecified atom stereocenters. The van der Waals surface area contributed by atoms with Crippen molar-refractivity contribution < 1.29 is 14.3 Å². The monoisotopic (exact) mass is 331 g/mol. The van der Waals surface area contributed by atoms with Gasteiger partial charge >= 0.3 is 5.97 Å². The van der Waals surface area contributed by atoms with E-state index in [9.17, 15) is 9.59 Å². The number of ketones is 1. The Labute approximate surface area is 142 Å². The first-order chi connectivity index (χ1) is 11.1. The SMILES string of the molecule is CCOC(=O)[C@@H]1C(C(=O)CC2C=Cc3ccccc32)CCN1S. The molecule has 0 N–H and O–H groups in total. The first-order valence-corrected chi connectivity index (χ1v) is 8.43. The fraction of sp³-hybridized carbons (Fsp3) is 0.444. The Morgan fingerprint density at radius 3 is 2.91 bits per heavy atom. The van der Waals surface area contributed by atoms with Crippen molar-refractivity contribution in [3.8, 4) is 0 Å². The molecule has 1 aliphatic heterocycles. The predicted octanol–water partition coefficient (Wildman–Crippen LogP) is 2.85. The molecule has 1 fully saturated rings. The minimum Gasteiger partial charge on any atom is -0.465 e. The molecule has 0 amide bonds. The van der Waals surface area contributed by atoms with Gasteiger partial charge in [0.25, 0.3) is 0 Å². The molecule has 3 rings (SSSR count). The van der Waals surface area contributed by atoms with E-state index in [0.717, 1.165) is 0 Å². The second-order valence-electron chi connectivity index (χ2n) is 6.02. The number of benzene rings is 1. The summed E-state index contributed by atoms with van der Waals surface area (Å²) in [5, 5.41) is 0. The van der Waals surface area contributed by atoms with Crippen molar-refractivity contribution in [1.82, 2.24) is 4.31 Å². The second kappa shape index (κ2) is 6.89. The van der Waals surface area contributed by atoms with Crippen LogP contribution in [0.15, 0.2) is 30.3 Å². The molecule has 0 saturated carbocycles. The first-order valence-electron chi connectivity index (χ1n) is 8.03. The van der Waals surface area contributed by atoms with Gasteiger partial charge in [0, 0.05) is 24.8 Å². The lowest BCUT2D eigenvalue weighted by atomic mass is 9.87. The molecule has 3 atom stereocenters. The van der Waals surface area contributed by atoms with Gasteiger partial charge in [0.2, 0.25) is 0 Å². The normalized spacial score (nSPS) is 26.3. The Hall–Kier alpha value is -1.59. The molecule has 5 heteroatoms. The molecule has 1 aromatic carbocycles. The van der Waals surface area contributed by atoms with E-state index in [1.54, 1.807) is 11.2 Å². The molecular formula is C18H21NO3S. The van der Waals surface area contributed by atoms with E-state index < -0.39 is 6.04 Å². The third-order valence-electron chi connectivity index (χ3n) is 4.64. The summed E-state index contributed by atoms with van der Waals surface area (Å²) < 4.78 is 6.75. The summed E-state index contributed by atoms with van der Waals surface area (Å²) in [6.45, 7) is 2.71. The van der Waals surface area contributed by atoms with E-state index >= 15 is 0 Å². The number of hydrogen-bond acceptors (Lipinski definition) is 5. The minimum absolute atomic E-state index is 0.107. The number of rotatable bonds is 5. The van der Waals surface area contributed by atoms with Crippen LogP contribution in [0.1, 0.15) is 36.8 Å². The van der Waals surface area contributed by atoms with E-state index in [1.807, 2.05) is 12.1 Å². The van der Waals surface area contributed by atoms with Crippen LogP contribution in [0.3, 0.4) is 0 Å². The van der Waals surface area contributed by atoms with Crippen molar-refractivity contribution >= 4 is 30.6 Å². The van der Waals surface area contributed by atoms with Gasteiger partial charge in [-0.05, 0) is 24.5 Å². The highest BCUT2D eigenvalue weighted by Crippen LogP contribution is 2.36. The minimum atomic E-state index is -0.564. The van der Waals surface area contributed by atoms with Gasteiger partial charge in [0.1, 0.15) is 11.8 Å². The van der Waals surface area contributed by atoms with Crippen molar-refractivity contribution in [2.24, 2.45) is 5.92 Å². The summed E-state index contributed by atoms with van der Waals surface area (Å²) in [6.07, 6.45) is 5.23. The average molecular weight is 331 g/mol. The van der Waals surface area contributed by atoms with Crippen LogP contribution in [0.2, 0.25) is 0 Å². The van der Waals surface area contributed by atoms with Crippen molar-refractivity contribution in [3.63, 3.8) is 0 Å². The number of allylic oxidation sites excluding steroid dienone is 1. The van der Waals surface area contributed by atoms with Crippen molar-refractivity contribution in [3.05, 3.63) is 41.5 Å². The molecule has 1 saturated heterocycles. The summed E-state index contributed by atoms with van der Waals surface area (Å²) >= 11 is 4.33. The van der Waals surface area contributed by atoms with Gasteiger partial charge in [-0.3, -0.25) is 9.59 Å². The molecular weight excluding hydrogens is 310 g/mol. The molecule has 122 valence electrons. The van der Waals surface area contributed by atoms with Crippen LogP contribution in [0.4, 0.5) is 0 Å². The van der Waals surface area contributed by atoms with Gasteiger partial charge in [-0.15, -0.1) is 0 Å². The number of ether oxygens (including phenoxy) is 1. The number of Topliss-reactive ketones (excluding diaryl/α,β-unsaturated/α-hetero) is 1. The summed E-state index contributed by atoms with van der Waals surface area (Å²) in [5.41, 5.74) is 2.36. The van der Waals surface area contributed by atoms with Gasteiger partial charge in [-0.2, -0.15) is 0 Å². The standard InChI is InChI=1S/C18H21NO3S/c1-2-22-18(21)17-15(9-10-19(17)23)16(20)11-13-8-7-12-5-3-4-6-14(12)13/h3-8,13,15,17,23H,2,9-11H2,1H3/t13?,15?,17-/m0/s1. The number of carbonyl (C=O) groups excluding carboxylic acids is 2. The van der Waals surface area contributed by atoms with Crippen LogP contribution in [-0.4, -0.2) is 35.3 Å². The number of carbonyl (C=O) groups is 2. The predicted molar refractivity (Wildman–Crippen MR) is 92.1 cm³/mol. The van der Waals surface area contributed by atoms with Gasteiger partial charge in [-0.25, -0.2) is 4.31 Å². The zero-order valence-electron chi connectivity index (χ0n) is 13.1. The molecule has 0 spiro atoms. The number of esters is 1. The maximum atomic E-state index is 12.8. The van der Waals surface area contributed by atoms with E-state index in [-0.39, 0.29) is 23.6 Å². The molecule has 0 radical (unpaired) electrons. The van der Waals surface area contributed by atoms with Crippen molar-refractivity contribution in [2.45, 2.75) is 31.7 Å². The topological polar surface area (TPSA) is 46.6 Å².